The molecule has 12 heavy (non-hydrogen) atoms. The SMILES string of the molecule is COC(C)=NC1C=CCCC1S. The fourth-order valence-electron chi connectivity index (χ4n) is 1.19. The molecule has 1 aliphatic carbocycles. The molecule has 0 bridgehead atoms. The summed E-state index contributed by atoms with van der Waals surface area (Å²) in [6.07, 6.45) is 6.48. The number of thiol groups is 1. The molecule has 0 aromatic rings. The van der Waals surface area contributed by atoms with Gasteiger partial charge in [0.2, 0.25) is 0 Å². The van der Waals surface area contributed by atoms with Gasteiger partial charge < -0.3 is 4.74 Å². The summed E-state index contributed by atoms with van der Waals surface area (Å²) in [6.45, 7) is 1.86. The standard InChI is InChI=1S/C9H15NOS/c1-7(11-2)10-8-5-3-4-6-9(8)12/h3,5,8-9,12H,4,6H2,1-2H3. The first-order valence-corrected chi connectivity index (χ1v) is 4.69. The molecule has 1 aliphatic rings. The minimum absolute atomic E-state index is 0.196. The molecular weight excluding hydrogens is 170 g/mol. The minimum Gasteiger partial charge on any atom is -0.484 e. The van der Waals surface area contributed by atoms with E-state index in [0.717, 1.165) is 18.7 Å². The minimum atomic E-state index is 0.196. The van der Waals surface area contributed by atoms with Gasteiger partial charge in [-0.05, 0) is 12.8 Å². The maximum Gasteiger partial charge on any atom is 0.180 e. The zero-order chi connectivity index (χ0) is 8.97. The molecule has 0 heterocycles. The Hall–Kier alpha value is -0.440. The lowest BCUT2D eigenvalue weighted by Crippen LogP contribution is -2.21. The van der Waals surface area contributed by atoms with Crippen molar-refractivity contribution in [1.29, 1.82) is 0 Å². The summed E-state index contributed by atoms with van der Waals surface area (Å²) in [4.78, 5) is 4.37. The van der Waals surface area contributed by atoms with Crippen LogP contribution in [0.5, 0.6) is 0 Å². The van der Waals surface area contributed by atoms with E-state index in [0.29, 0.717) is 5.25 Å². The Balaban J connectivity index is 2.60. The molecule has 3 heteroatoms. The average molecular weight is 185 g/mol. The van der Waals surface area contributed by atoms with E-state index < -0.39 is 0 Å². The summed E-state index contributed by atoms with van der Waals surface area (Å²) in [5.41, 5.74) is 0. The monoisotopic (exact) mass is 185 g/mol. The van der Waals surface area contributed by atoms with E-state index in [-0.39, 0.29) is 6.04 Å². The Kier molecular flexibility index (Phi) is 3.66. The molecule has 0 aromatic heterocycles. The molecular formula is C9H15NOS. The van der Waals surface area contributed by atoms with Gasteiger partial charge in [-0.3, -0.25) is 0 Å². The molecule has 0 radical (unpaired) electrons. The van der Waals surface area contributed by atoms with Crippen LogP contribution in [0.25, 0.3) is 0 Å². The maximum atomic E-state index is 4.98. The molecule has 0 aromatic carbocycles. The van der Waals surface area contributed by atoms with Crippen LogP contribution in [0.3, 0.4) is 0 Å². The molecule has 0 amide bonds. The average Bonchev–Trinajstić information content (AvgIpc) is 2.09. The second-order valence-electron chi connectivity index (χ2n) is 2.92. The summed E-state index contributed by atoms with van der Waals surface area (Å²) in [5.74, 6) is 0.727. The van der Waals surface area contributed by atoms with Crippen molar-refractivity contribution in [3.63, 3.8) is 0 Å². The van der Waals surface area contributed by atoms with Gasteiger partial charge >= 0.3 is 0 Å². The Morgan fingerprint density at radius 2 is 2.42 bits per heavy atom. The normalized spacial score (nSPS) is 30.4. The molecule has 0 fully saturated rings. The first kappa shape index (κ1) is 9.65. The third kappa shape index (κ3) is 2.55. The van der Waals surface area contributed by atoms with Gasteiger partial charge in [0, 0.05) is 12.2 Å². The van der Waals surface area contributed by atoms with Crippen molar-refractivity contribution in [1.82, 2.24) is 0 Å². The van der Waals surface area contributed by atoms with E-state index in [1.807, 2.05) is 6.92 Å². The lowest BCUT2D eigenvalue weighted by molar-refractivity contribution is 0.395. The van der Waals surface area contributed by atoms with E-state index in [1.165, 1.54) is 0 Å². The number of nitrogens with zero attached hydrogens (tertiary/aromatic N) is 1. The smallest absolute Gasteiger partial charge is 0.180 e. The quantitative estimate of drug-likeness (QED) is 0.287. The number of ether oxygens (including phenoxy) is 1. The fourth-order valence-corrected chi connectivity index (χ4v) is 1.51. The Bertz CT molecular complexity index is 201. The predicted molar refractivity (Wildman–Crippen MR) is 55.1 cm³/mol. The number of rotatable bonds is 1. The molecule has 2 atom stereocenters. The predicted octanol–water partition coefficient (Wildman–Crippen LogP) is 2.07. The first-order valence-electron chi connectivity index (χ1n) is 4.17. The van der Waals surface area contributed by atoms with E-state index in [4.69, 9.17) is 4.74 Å². The van der Waals surface area contributed by atoms with Crippen molar-refractivity contribution >= 4 is 18.5 Å². The van der Waals surface area contributed by atoms with Gasteiger partial charge in [0.25, 0.3) is 0 Å². The molecule has 0 spiro atoms. The summed E-state index contributed by atoms with van der Waals surface area (Å²) >= 11 is 4.46. The molecule has 2 unspecified atom stereocenters. The summed E-state index contributed by atoms with van der Waals surface area (Å²) in [5, 5.41) is 0.347. The van der Waals surface area contributed by atoms with Gasteiger partial charge in [0.05, 0.1) is 13.2 Å². The van der Waals surface area contributed by atoms with Crippen LogP contribution in [0, 0.1) is 0 Å². The third-order valence-electron chi connectivity index (χ3n) is 1.98. The van der Waals surface area contributed by atoms with Crippen LogP contribution in [-0.4, -0.2) is 24.3 Å². The molecule has 0 saturated carbocycles. The van der Waals surface area contributed by atoms with Crippen molar-refractivity contribution in [3.8, 4) is 0 Å². The number of allylic oxidation sites excluding steroid dienone is 1. The Labute approximate surface area is 79.1 Å². The molecule has 68 valence electrons. The molecule has 0 N–H and O–H groups in total. The van der Waals surface area contributed by atoms with Gasteiger partial charge in [-0.15, -0.1) is 0 Å². The fraction of sp³-hybridized carbons (Fsp3) is 0.667. The highest BCUT2D eigenvalue weighted by molar-refractivity contribution is 7.81. The second-order valence-corrected chi connectivity index (χ2v) is 3.58. The van der Waals surface area contributed by atoms with Gasteiger partial charge in [-0.1, -0.05) is 12.2 Å². The van der Waals surface area contributed by atoms with Crippen LogP contribution in [0.15, 0.2) is 17.1 Å². The molecule has 1 rings (SSSR count). The number of aliphatic imine (C=N–C) groups is 1. The highest BCUT2D eigenvalue weighted by atomic mass is 32.1. The van der Waals surface area contributed by atoms with Crippen LogP contribution in [0.4, 0.5) is 0 Å². The van der Waals surface area contributed by atoms with Crippen LogP contribution >= 0.6 is 12.6 Å². The van der Waals surface area contributed by atoms with Gasteiger partial charge in [-0.25, -0.2) is 4.99 Å². The number of hydrogen-bond donors (Lipinski definition) is 1. The molecule has 2 nitrogen and oxygen atoms in total. The van der Waals surface area contributed by atoms with E-state index >= 15 is 0 Å². The summed E-state index contributed by atoms with van der Waals surface area (Å²) in [6, 6.07) is 0.196. The largest absolute Gasteiger partial charge is 0.484 e. The Morgan fingerprint density at radius 1 is 1.67 bits per heavy atom. The second kappa shape index (κ2) is 4.55. The zero-order valence-electron chi connectivity index (χ0n) is 7.53. The summed E-state index contributed by atoms with van der Waals surface area (Å²) < 4.78 is 4.98. The Morgan fingerprint density at radius 3 is 3.00 bits per heavy atom. The molecule has 0 aliphatic heterocycles. The van der Waals surface area contributed by atoms with Gasteiger partial charge in [0.1, 0.15) is 0 Å². The molecule has 0 saturated heterocycles. The van der Waals surface area contributed by atoms with Crippen molar-refractivity contribution in [2.45, 2.75) is 31.1 Å². The lowest BCUT2D eigenvalue weighted by atomic mass is 10.0. The first-order chi connectivity index (χ1) is 5.74. The lowest BCUT2D eigenvalue weighted by Gasteiger charge is -2.19. The van der Waals surface area contributed by atoms with E-state index in [2.05, 4.69) is 29.8 Å². The zero-order valence-corrected chi connectivity index (χ0v) is 8.42. The van der Waals surface area contributed by atoms with Crippen molar-refractivity contribution in [3.05, 3.63) is 12.2 Å². The highest BCUT2D eigenvalue weighted by Gasteiger charge is 2.16. The van der Waals surface area contributed by atoms with Crippen LogP contribution in [0.2, 0.25) is 0 Å². The third-order valence-corrected chi connectivity index (χ3v) is 2.55. The summed E-state index contributed by atoms with van der Waals surface area (Å²) in [7, 11) is 1.64. The van der Waals surface area contributed by atoms with Crippen molar-refractivity contribution in [2.75, 3.05) is 7.11 Å². The number of methoxy groups -OCH3 is 1. The van der Waals surface area contributed by atoms with Gasteiger partial charge in [-0.2, -0.15) is 12.6 Å². The topological polar surface area (TPSA) is 21.6 Å². The van der Waals surface area contributed by atoms with Crippen LogP contribution in [-0.2, 0) is 4.74 Å². The highest BCUT2D eigenvalue weighted by Crippen LogP contribution is 2.19. The van der Waals surface area contributed by atoms with Gasteiger partial charge in [0.15, 0.2) is 5.90 Å². The van der Waals surface area contributed by atoms with E-state index in [9.17, 15) is 0 Å². The van der Waals surface area contributed by atoms with Crippen LogP contribution in [0.1, 0.15) is 19.8 Å². The van der Waals surface area contributed by atoms with Crippen molar-refractivity contribution < 1.29 is 4.74 Å². The van der Waals surface area contributed by atoms with Crippen molar-refractivity contribution in [2.24, 2.45) is 4.99 Å². The van der Waals surface area contributed by atoms with Crippen LogP contribution < -0.4 is 0 Å². The van der Waals surface area contributed by atoms with E-state index in [1.54, 1.807) is 7.11 Å². The maximum absolute atomic E-state index is 4.98. The number of hydrogen-bond acceptors (Lipinski definition) is 3.